The van der Waals surface area contributed by atoms with E-state index in [0.29, 0.717) is 0 Å². The molecule has 0 spiro atoms. The summed E-state index contributed by atoms with van der Waals surface area (Å²) in [5, 5.41) is 29.8. The lowest BCUT2D eigenvalue weighted by atomic mass is 10.1. The van der Waals surface area contributed by atoms with Crippen molar-refractivity contribution in [3.05, 3.63) is 18.0 Å². The lowest BCUT2D eigenvalue weighted by Crippen LogP contribution is -2.56. The molecule has 1 aromatic rings. The summed E-state index contributed by atoms with van der Waals surface area (Å²) in [6, 6.07) is 1.15. The summed E-state index contributed by atoms with van der Waals surface area (Å²) in [6.07, 6.45) is 1.21. The molecule has 10 heteroatoms. The van der Waals surface area contributed by atoms with Gasteiger partial charge in [0, 0.05) is 20.3 Å². The Morgan fingerprint density at radius 1 is 1.29 bits per heavy atom. The second-order valence-electron chi connectivity index (χ2n) is 4.61. The van der Waals surface area contributed by atoms with Crippen molar-refractivity contribution in [2.45, 2.75) is 10.4 Å². The van der Waals surface area contributed by atoms with Crippen molar-refractivity contribution < 1.29 is 28.5 Å². The Morgan fingerprint density at radius 2 is 1.81 bits per heavy atom. The molecular formula is C11H19N3O6S. The summed E-state index contributed by atoms with van der Waals surface area (Å²) in [6.45, 7) is -2.35. The monoisotopic (exact) mass is 321 g/mol. The quantitative estimate of drug-likeness (QED) is 0.372. The first kappa shape index (κ1) is 17.6. The molecule has 21 heavy (non-hydrogen) atoms. The Labute approximate surface area is 122 Å². The van der Waals surface area contributed by atoms with Crippen LogP contribution in [0.15, 0.2) is 17.2 Å². The Bertz CT molecular complexity index is 597. The van der Waals surface area contributed by atoms with Crippen LogP contribution in [-0.2, 0) is 17.1 Å². The molecular weight excluding hydrogens is 302 g/mol. The number of hydrogen-bond donors (Lipinski definition) is 5. The minimum absolute atomic E-state index is 0.125. The van der Waals surface area contributed by atoms with Gasteiger partial charge in [0.1, 0.15) is 16.1 Å². The standard InChI is InChI=1S/C11H19N3O6S/c1-12-10(18)9-3-8(4-14(9)2)21(19,20)13-11(5-15,6-16)7-17/h3-4,13,15-17H,5-7H2,1-2H3,(H,12,18). The average Bonchev–Trinajstić information content (AvgIpc) is 2.87. The van der Waals surface area contributed by atoms with Crippen LogP contribution < -0.4 is 10.0 Å². The number of nitrogens with zero attached hydrogens (tertiary/aromatic N) is 1. The molecule has 120 valence electrons. The maximum absolute atomic E-state index is 12.2. The third kappa shape index (κ3) is 3.60. The van der Waals surface area contributed by atoms with Gasteiger partial charge in [0.2, 0.25) is 10.0 Å². The number of aliphatic hydroxyl groups excluding tert-OH is 3. The van der Waals surface area contributed by atoms with Gasteiger partial charge in [0.25, 0.3) is 5.91 Å². The molecule has 0 aliphatic carbocycles. The normalized spacial score (nSPS) is 12.4. The van der Waals surface area contributed by atoms with E-state index in [1.165, 1.54) is 24.9 Å². The molecule has 0 fully saturated rings. The van der Waals surface area contributed by atoms with E-state index in [4.69, 9.17) is 15.3 Å². The third-order valence-electron chi connectivity index (χ3n) is 3.01. The van der Waals surface area contributed by atoms with Gasteiger partial charge in [0.05, 0.1) is 19.8 Å². The molecule has 0 unspecified atom stereocenters. The third-order valence-corrected chi connectivity index (χ3v) is 4.55. The number of amides is 1. The number of aromatic nitrogens is 1. The highest BCUT2D eigenvalue weighted by Gasteiger charge is 2.34. The van der Waals surface area contributed by atoms with Gasteiger partial charge in [-0.05, 0) is 6.07 Å². The first-order valence-corrected chi connectivity index (χ1v) is 7.48. The molecule has 0 radical (unpaired) electrons. The topological polar surface area (TPSA) is 141 Å². The fourth-order valence-electron chi connectivity index (χ4n) is 1.63. The maximum atomic E-state index is 12.2. The van der Waals surface area contributed by atoms with Gasteiger partial charge in [-0.3, -0.25) is 4.79 Å². The zero-order valence-corrected chi connectivity index (χ0v) is 12.5. The van der Waals surface area contributed by atoms with Crippen molar-refractivity contribution >= 4 is 15.9 Å². The predicted octanol–water partition coefficient (Wildman–Crippen LogP) is -2.62. The predicted molar refractivity (Wildman–Crippen MR) is 73.1 cm³/mol. The minimum Gasteiger partial charge on any atom is -0.394 e. The van der Waals surface area contributed by atoms with Crippen molar-refractivity contribution in [3.63, 3.8) is 0 Å². The molecule has 0 aliphatic rings. The van der Waals surface area contributed by atoms with Crippen LogP contribution in [0.25, 0.3) is 0 Å². The number of hydrogen-bond acceptors (Lipinski definition) is 6. The van der Waals surface area contributed by atoms with Crippen LogP contribution in [0.1, 0.15) is 10.5 Å². The van der Waals surface area contributed by atoms with Crippen molar-refractivity contribution in [1.29, 1.82) is 0 Å². The number of sulfonamides is 1. The summed E-state index contributed by atoms with van der Waals surface area (Å²) >= 11 is 0. The van der Waals surface area contributed by atoms with Gasteiger partial charge in [-0.1, -0.05) is 0 Å². The van der Waals surface area contributed by atoms with E-state index in [1.807, 2.05) is 4.72 Å². The molecule has 0 saturated heterocycles. The van der Waals surface area contributed by atoms with E-state index in [2.05, 4.69) is 5.32 Å². The van der Waals surface area contributed by atoms with Gasteiger partial charge in [-0.2, -0.15) is 4.72 Å². The molecule has 0 atom stereocenters. The zero-order valence-electron chi connectivity index (χ0n) is 11.7. The molecule has 5 N–H and O–H groups in total. The number of rotatable bonds is 7. The SMILES string of the molecule is CNC(=O)c1cc(S(=O)(=O)NC(CO)(CO)CO)cn1C. The Kier molecular flexibility index (Phi) is 5.48. The summed E-state index contributed by atoms with van der Waals surface area (Å²) < 4.78 is 27.8. The van der Waals surface area contributed by atoms with Gasteiger partial charge in [-0.25, -0.2) is 8.42 Å². The van der Waals surface area contributed by atoms with Crippen molar-refractivity contribution in [2.75, 3.05) is 26.9 Å². The van der Waals surface area contributed by atoms with E-state index in [1.54, 1.807) is 0 Å². The molecule has 0 aliphatic heterocycles. The van der Waals surface area contributed by atoms with Crippen LogP contribution in [0, 0.1) is 0 Å². The molecule has 1 heterocycles. The van der Waals surface area contributed by atoms with Crippen molar-refractivity contribution in [1.82, 2.24) is 14.6 Å². The molecule has 1 amide bonds. The van der Waals surface area contributed by atoms with Gasteiger partial charge in [0.15, 0.2) is 0 Å². The van der Waals surface area contributed by atoms with Crippen LogP contribution in [0.4, 0.5) is 0 Å². The second kappa shape index (κ2) is 6.54. The van der Waals surface area contributed by atoms with Crippen molar-refractivity contribution in [3.8, 4) is 0 Å². The van der Waals surface area contributed by atoms with E-state index < -0.39 is 41.3 Å². The largest absolute Gasteiger partial charge is 0.394 e. The lowest BCUT2D eigenvalue weighted by molar-refractivity contribution is 0.0582. The highest BCUT2D eigenvalue weighted by atomic mass is 32.2. The molecule has 0 saturated carbocycles. The smallest absolute Gasteiger partial charge is 0.267 e. The number of carbonyl (C=O) groups excluding carboxylic acids is 1. The number of aryl methyl sites for hydroxylation is 1. The maximum Gasteiger partial charge on any atom is 0.267 e. The first-order chi connectivity index (χ1) is 9.75. The number of aliphatic hydroxyl groups is 3. The Hall–Kier alpha value is -1.46. The summed E-state index contributed by atoms with van der Waals surface area (Å²) in [7, 11) is -1.21. The highest BCUT2D eigenvalue weighted by molar-refractivity contribution is 7.89. The number of nitrogens with one attached hydrogen (secondary N) is 2. The van der Waals surface area contributed by atoms with E-state index in [0.717, 1.165) is 6.07 Å². The van der Waals surface area contributed by atoms with Crippen LogP contribution in [0.2, 0.25) is 0 Å². The zero-order chi connectivity index (χ0) is 16.3. The van der Waals surface area contributed by atoms with Gasteiger partial charge >= 0.3 is 0 Å². The lowest BCUT2D eigenvalue weighted by Gasteiger charge is -2.27. The molecule has 1 rings (SSSR count). The summed E-state index contributed by atoms with van der Waals surface area (Å²) in [4.78, 5) is 11.3. The van der Waals surface area contributed by atoms with Crippen molar-refractivity contribution in [2.24, 2.45) is 7.05 Å². The minimum atomic E-state index is -4.13. The molecule has 1 aromatic heterocycles. The Balaban J connectivity index is 3.17. The van der Waals surface area contributed by atoms with Crippen LogP contribution >= 0.6 is 0 Å². The summed E-state index contributed by atoms with van der Waals surface area (Å²) in [5.74, 6) is -0.461. The van der Waals surface area contributed by atoms with Crippen LogP contribution in [0.3, 0.4) is 0 Å². The van der Waals surface area contributed by atoms with E-state index >= 15 is 0 Å². The first-order valence-electron chi connectivity index (χ1n) is 6.00. The fourth-order valence-corrected chi connectivity index (χ4v) is 3.07. The fraction of sp³-hybridized carbons (Fsp3) is 0.545. The van der Waals surface area contributed by atoms with Crippen LogP contribution in [0.5, 0.6) is 0 Å². The molecule has 0 aromatic carbocycles. The second-order valence-corrected chi connectivity index (χ2v) is 6.29. The van der Waals surface area contributed by atoms with Crippen LogP contribution in [-0.4, -0.2) is 66.6 Å². The molecule has 9 nitrogen and oxygen atoms in total. The summed E-state index contributed by atoms with van der Waals surface area (Å²) in [5.41, 5.74) is -1.65. The van der Waals surface area contributed by atoms with Gasteiger partial charge in [-0.15, -0.1) is 0 Å². The van der Waals surface area contributed by atoms with E-state index in [-0.39, 0.29) is 10.6 Å². The average molecular weight is 321 g/mol. The van der Waals surface area contributed by atoms with Gasteiger partial charge < -0.3 is 25.2 Å². The number of carbonyl (C=O) groups is 1. The highest BCUT2D eigenvalue weighted by Crippen LogP contribution is 2.16. The van der Waals surface area contributed by atoms with E-state index in [9.17, 15) is 13.2 Å². The Morgan fingerprint density at radius 3 is 2.24 bits per heavy atom. The molecule has 0 bridgehead atoms.